The molecule has 0 saturated heterocycles. The van der Waals surface area contributed by atoms with Crippen LogP contribution in [0.4, 0.5) is 5.69 Å². The van der Waals surface area contributed by atoms with Crippen molar-refractivity contribution in [3.63, 3.8) is 0 Å². The van der Waals surface area contributed by atoms with Crippen LogP contribution in [0.3, 0.4) is 0 Å². The average molecular weight is 300 g/mol. The Morgan fingerprint density at radius 1 is 1.36 bits per heavy atom. The van der Waals surface area contributed by atoms with Crippen LogP contribution in [0.2, 0.25) is 0 Å². The molecule has 0 aliphatic carbocycles. The predicted molar refractivity (Wildman–Crippen MR) is 84.4 cm³/mol. The van der Waals surface area contributed by atoms with E-state index in [9.17, 15) is 9.59 Å². The normalized spacial score (nSPS) is 10.7. The molecule has 0 aliphatic heterocycles. The molecule has 0 fully saturated rings. The lowest BCUT2D eigenvalue weighted by Crippen LogP contribution is -2.10. The molecule has 1 N–H and O–H groups in total. The molecule has 2 rings (SSSR count). The highest BCUT2D eigenvalue weighted by Gasteiger charge is 2.20. The van der Waals surface area contributed by atoms with Gasteiger partial charge in [-0.3, -0.25) is 9.59 Å². The maximum absolute atomic E-state index is 11.2. The third kappa shape index (κ3) is 3.21. The summed E-state index contributed by atoms with van der Waals surface area (Å²) in [5.74, 6) is 0.0733. The minimum absolute atomic E-state index is 0.135. The Bertz CT molecular complexity index is 675. The Labute approximate surface area is 129 Å². The fourth-order valence-corrected chi connectivity index (χ4v) is 2.55. The molecule has 22 heavy (non-hydrogen) atoms. The molecule has 1 amide bonds. The number of aromatic nitrogens is 3. The van der Waals surface area contributed by atoms with Gasteiger partial charge >= 0.3 is 0 Å². The molecule has 1 heterocycles. The monoisotopic (exact) mass is 300 g/mol. The number of amides is 1. The van der Waals surface area contributed by atoms with E-state index in [0.717, 1.165) is 30.5 Å². The number of nitrogens with one attached hydrogen (secondary N) is 1. The number of nitrogens with zero attached hydrogens (tertiary/aromatic N) is 3. The quantitative estimate of drug-likeness (QED) is 0.832. The summed E-state index contributed by atoms with van der Waals surface area (Å²) in [6.45, 7) is 5.61. The Morgan fingerprint density at radius 2 is 2.09 bits per heavy atom. The van der Waals surface area contributed by atoms with E-state index < -0.39 is 0 Å². The average Bonchev–Trinajstić information content (AvgIpc) is 2.92. The van der Waals surface area contributed by atoms with Crippen molar-refractivity contribution < 1.29 is 9.59 Å². The number of rotatable bonds is 6. The molecule has 0 bridgehead atoms. The summed E-state index contributed by atoms with van der Waals surface area (Å²) in [6.07, 6.45) is 2.54. The summed E-state index contributed by atoms with van der Waals surface area (Å²) in [6, 6.07) is 7.33. The van der Waals surface area contributed by atoms with Crippen molar-refractivity contribution in [3.8, 4) is 5.69 Å². The van der Waals surface area contributed by atoms with Crippen LogP contribution in [0.25, 0.3) is 5.69 Å². The van der Waals surface area contributed by atoms with E-state index >= 15 is 0 Å². The highest BCUT2D eigenvalue weighted by molar-refractivity contribution is 5.88. The molecule has 6 heteroatoms. The zero-order valence-corrected chi connectivity index (χ0v) is 13.0. The summed E-state index contributed by atoms with van der Waals surface area (Å²) in [7, 11) is 0. The van der Waals surface area contributed by atoms with E-state index in [1.165, 1.54) is 6.92 Å². The van der Waals surface area contributed by atoms with Gasteiger partial charge in [0.25, 0.3) is 0 Å². The van der Waals surface area contributed by atoms with E-state index in [1.54, 1.807) is 10.7 Å². The van der Waals surface area contributed by atoms with Crippen LogP contribution in [-0.2, 0) is 4.79 Å². The molecule has 0 aliphatic rings. The van der Waals surface area contributed by atoms with Gasteiger partial charge in [0.15, 0.2) is 6.29 Å². The third-order valence-corrected chi connectivity index (χ3v) is 3.63. The number of carbonyl (C=O) groups is 2. The summed E-state index contributed by atoms with van der Waals surface area (Å²) < 4.78 is 1.69. The van der Waals surface area contributed by atoms with E-state index in [-0.39, 0.29) is 11.8 Å². The predicted octanol–water partition coefficient (Wildman–Crippen LogP) is 2.94. The smallest absolute Gasteiger partial charge is 0.221 e. The third-order valence-electron chi connectivity index (χ3n) is 3.63. The van der Waals surface area contributed by atoms with Gasteiger partial charge in [-0.25, -0.2) is 4.68 Å². The minimum Gasteiger partial charge on any atom is -0.326 e. The van der Waals surface area contributed by atoms with Crippen LogP contribution in [0.15, 0.2) is 24.3 Å². The molecular weight excluding hydrogens is 280 g/mol. The van der Waals surface area contributed by atoms with Gasteiger partial charge in [0.05, 0.1) is 11.4 Å². The second kappa shape index (κ2) is 6.98. The van der Waals surface area contributed by atoms with Gasteiger partial charge in [-0.2, -0.15) is 0 Å². The zero-order valence-electron chi connectivity index (χ0n) is 13.0. The lowest BCUT2D eigenvalue weighted by Gasteiger charge is -2.15. The Balaban J connectivity index is 2.50. The molecule has 0 spiro atoms. The van der Waals surface area contributed by atoms with Crippen LogP contribution >= 0.6 is 0 Å². The van der Waals surface area contributed by atoms with Crippen molar-refractivity contribution in [3.05, 3.63) is 35.7 Å². The summed E-state index contributed by atoms with van der Waals surface area (Å²) >= 11 is 0. The summed E-state index contributed by atoms with van der Waals surface area (Å²) in [5, 5.41) is 10.8. The standard InChI is InChI=1S/C16H20N4O2/c1-4-12(5-2)16-15(10-21)18-19-20(16)14-8-6-7-13(9-14)17-11(3)22/h6-10,12H,4-5H2,1-3H3,(H,17,22). The fourth-order valence-electron chi connectivity index (χ4n) is 2.55. The maximum atomic E-state index is 11.2. The minimum atomic E-state index is -0.135. The zero-order chi connectivity index (χ0) is 16.1. The van der Waals surface area contributed by atoms with Gasteiger partial charge in [-0.1, -0.05) is 25.1 Å². The van der Waals surface area contributed by atoms with Gasteiger partial charge in [-0.05, 0) is 31.0 Å². The van der Waals surface area contributed by atoms with Gasteiger partial charge in [0, 0.05) is 18.5 Å². The highest BCUT2D eigenvalue weighted by atomic mass is 16.1. The van der Waals surface area contributed by atoms with E-state index in [0.29, 0.717) is 11.4 Å². The van der Waals surface area contributed by atoms with Crippen molar-refractivity contribution in [2.24, 2.45) is 0 Å². The van der Waals surface area contributed by atoms with Crippen LogP contribution < -0.4 is 5.32 Å². The first-order valence-electron chi connectivity index (χ1n) is 7.39. The van der Waals surface area contributed by atoms with Crippen LogP contribution in [0, 0.1) is 0 Å². The molecule has 6 nitrogen and oxygen atoms in total. The SMILES string of the molecule is CCC(CC)c1c(C=O)nnn1-c1cccc(NC(C)=O)c1. The van der Waals surface area contributed by atoms with Crippen LogP contribution in [-0.4, -0.2) is 27.2 Å². The first kappa shape index (κ1) is 15.9. The largest absolute Gasteiger partial charge is 0.326 e. The lowest BCUT2D eigenvalue weighted by atomic mass is 9.97. The molecule has 0 unspecified atom stereocenters. The van der Waals surface area contributed by atoms with Gasteiger partial charge in [0.1, 0.15) is 5.69 Å². The molecular formula is C16H20N4O2. The molecule has 2 aromatic rings. The van der Waals surface area contributed by atoms with Gasteiger partial charge < -0.3 is 5.32 Å². The summed E-state index contributed by atoms with van der Waals surface area (Å²) in [5.41, 5.74) is 2.65. The first-order valence-corrected chi connectivity index (χ1v) is 7.39. The van der Waals surface area contributed by atoms with Crippen LogP contribution in [0.1, 0.15) is 55.7 Å². The Kier molecular flexibility index (Phi) is 5.04. The second-order valence-corrected chi connectivity index (χ2v) is 5.13. The van der Waals surface area contributed by atoms with E-state index in [2.05, 4.69) is 29.5 Å². The van der Waals surface area contributed by atoms with Crippen molar-refractivity contribution in [1.29, 1.82) is 0 Å². The topological polar surface area (TPSA) is 76.9 Å². The van der Waals surface area contributed by atoms with E-state index in [1.807, 2.05) is 18.2 Å². The molecule has 0 radical (unpaired) electrons. The van der Waals surface area contributed by atoms with Crippen molar-refractivity contribution in [1.82, 2.24) is 15.0 Å². The fraction of sp³-hybridized carbons (Fsp3) is 0.375. The van der Waals surface area contributed by atoms with Gasteiger partial charge in [-0.15, -0.1) is 5.10 Å². The number of hydrogen-bond acceptors (Lipinski definition) is 4. The molecule has 1 aromatic heterocycles. The highest BCUT2D eigenvalue weighted by Crippen LogP contribution is 2.27. The van der Waals surface area contributed by atoms with Crippen LogP contribution in [0.5, 0.6) is 0 Å². The Morgan fingerprint density at radius 3 is 2.68 bits per heavy atom. The molecule has 116 valence electrons. The lowest BCUT2D eigenvalue weighted by molar-refractivity contribution is -0.114. The number of aldehydes is 1. The number of benzene rings is 1. The van der Waals surface area contributed by atoms with Crippen molar-refractivity contribution in [2.75, 3.05) is 5.32 Å². The molecule has 0 atom stereocenters. The number of anilines is 1. The Hall–Kier alpha value is -2.50. The molecule has 0 saturated carbocycles. The first-order chi connectivity index (χ1) is 10.6. The van der Waals surface area contributed by atoms with Crippen molar-refractivity contribution >= 4 is 17.9 Å². The number of carbonyl (C=O) groups excluding carboxylic acids is 2. The van der Waals surface area contributed by atoms with Gasteiger partial charge in [0.2, 0.25) is 5.91 Å². The molecule has 1 aromatic carbocycles. The second-order valence-electron chi connectivity index (χ2n) is 5.13. The number of hydrogen-bond donors (Lipinski definition) is 1. The summed E-state index contributed by atoms with van der Waals surface area (Å²) in [4.78, 5) is 22.4. The van der Waals surface area contributed by atoms with Crippen molar-refractivity contribution in [2.45, 2.75) is 39.5 Å². The van der Waals surface area contributed by atoms with E-state index in [4.69, 9.17) is 0 Å². The maximum Gasteiger partial charge on any atom is 0.221 e.